The van der Waals surface area contributed by atoms with E-state index >= 15 is 0 Å². The molecule has 2 aliphatic rings. The van der Waals surface area contributed by atoms with Gasteiger partial charge < -0.3 is 4.74 Å². The number of amides is 3. The number of imide groups is 1. The monoisotopic (exact) mass is 621 g/mol. The van der Waals surface area contributed by atoms with Crippen LogP contribution < -0.4 is 4.74 Å². The highest BCUT2D eigenvalue weighted by atomic mass is 79.9. The van der Waals surface area contributed by atoms with E-state index in [4.69, 9.17) is 4.74 Å². The second kappa shape index (κ2) is 10.5. The molecule has 1 aliphatic heterocycles. The molecule has 1 saturated heterocycles. The summed E-state index contributed by atoms with van der Waals surface area (Å²) in [7, 11) is 1.44. The normalized spacial score (nSPS) is 23.2. The average Bonchev–Trinajstić information content (AvgIpc) is 3.11. The molecule has 10 nitrogen and oxygen atoms in total. The van der Waals surface area contributed by atoms with E-state index in [0.717, 1.165) is 11.1 Å². The first kappa shape index (κ1) is 26.0. The van der Waals surface area contributed by atoms with Crippen LogP contribution in [0, 0.1) is 22.0 Å². The van der Waals surface area contributed by atoms with E-state index in [1.165, 1.54) is 37.4 Å². The van der Waals surface area contributed by atoms with Gasteiger partial charge in [-0.05, 0) is 31.0 Å². The summed E-state index contributed by atoms with van der Waals surface area (Å²) >= 11 is 7.04. The van der Waals surface area contributed by atoms with Gasteiger partial charge in [0.2, 0.25) is 0 Å². The predicted octanol–water partition coefficient (Wildman–Crippen LogP) is 3.77. The number of fused-ring (bicyclic) bond motifs is 1. The summed E-state index contributed by atoms with van der Waals surface area (Å²) in [6.45, 7) is -0.676. The molecule has 0 spiro atoms. The number of hydrazine groups is 1. The van der Waals surface area contributed by atoms with E-state index in [-0.39, 0.29) is 20.8 Å². The Bertz CT molecular complexity index is 1230. The molecule has 1 heterocycles. The number of methoxy groups -OCH3 is 1. The first-order valence-corrected chi connectivity index (χ1v) is 12.9. The van der Waals surface area contributed by atoms with E-state index in [0.29, 0.717) is 23.6 Å². The Morgan fingerprint density at radius 2 is 1.67 bits per heavy atom. The number of carbonyl (C=O) groups is 4. The number of halogens is 2. The number of alkyl halides is 2. The minimum Gasteiger partial charge on any atom is -0.497 e. The number of para-hydroxylation sites is 1. The van der Waals surface area contributed by atoms with Crippen molar-refractivity contribution < 1.29 is 28.8 Å². The van der Waals surface area contributed by atoms with Crippen molar-refractivity contribution in [3.63, 3.8) is 0 Å². The largest absolute Gasteiger partial charge is 0.497 e. The van der Waals surface area contributed by atoms with Gasteiger partial charge in [-0.2, -0.15) is 5.01 Å². The maximum absolute atomic E-state index is 13.7. The quantitative estimate of drug-likeness (QED) is 0.151. The molecule has 0 N–H and O–H groups in total. The van der Waals surface area contributed by atoms with E-state index in [1.807, 2.05) is 0 Å². The lowest BCUT2D eigenvalue weighted by atomic mass is 9.81. The molecule has 4 atom stereocenters. The highest BCUT2D eigenvalue weighted by molar-refractivity contribution is 9.12. The Morgan fingerprint density at radius 1 is 1.06 bits per heavy atom. The number of nitrogens with zero attached hydrogens (tertiary/aromatic N) is 3. The van der Waals surface area contributed by atoms with Gasteiger partial charge in [-0.3, -0.25) is 29.3 Å². The van der Waals surface area contributed by atoms with Crippen molar-refractivity contribution in [2.75, 3.05) is 13.7 Å². The fraction of sp³-hybridized carbons (Fsp3) is 0.333. The smallest absolute Gasteiger partial charge is 0.282 e. The number of nitro groups is 1. The van der Waals surface area contributed by atoms with Gasteiger partial charge in [0.05, 0.1) is 23.9 Å². The van der Waals surface area contributed by atoms with Gasteiger partial charge in [-0.15, -0.1) is 0 Å². The van der Waals surface area contributed by atoms with E-state index in [2.05, 4.69) is 31.9 Å². The highest BCUT2D eigenvalue weighted by Gasteiger charge is 2.55. The summed E-state index contributed by atoms with van der Waals surface area (Å²) < 4.78 is 5.15. The minimum absolute atomic E-state index is 0.0618. The molecule has 0 radical (unpaired) electrons. The van der Waals surface area contributed by atoms with Crippen molar-refractivity contribution in [3.05, 3.63) is 69.8 Å². The molecular weight excluding hydrogens is 602 g/mol. The average molecular weight is 623 g/mol. The van der Waals surface area contributed by atoms with Crippen molar-refractivity contribution in [2.45, 2.75) is 22.5 Å². The zero-order valence-corrected chi connectivity index (χ0v) is 22.2. The third-order valence-corrected chi connectivity index (χ3v) is 9.11. The summed E-state index contributed by atoms with van der Waals surface area (Å²) in [5, 5.41) is 13.0. The number of ketones is 1. The van der Waals surface area contributed by atoms with Gasteiger partial charge in [-0.1, -0.05) is 56.1 Å². The summed E-state index contributed by atoms with van der Waals surface area (Å²) in [6, 6.07) is 11.4. The molecular formula is C24H21Br2N3O7. The fourth-order valence-corrected chi connectivity index (χ4v) is 5.76. The molecule has 1 saturated carbocycles. The summed E-state index contributed by atoms with van der Waals surface area (Å²) in [6.07, 6.45) is 0.720. The molecule has 188 valence electrons. The third-order valence-electron chi connectivity index (χ3n) is 6.38. The van der Waals surface area contributed by atoms with Crippen molar-refractivity contribution in [2.24, 2.45) is 11.8 Å². The van der Waals surface area contributed by atoms with Gasteiger partial charge in [0.15, 0.2) is 5.78 Å². The molecule has 36 heavy (non-hydrogen) atoms. The van der Waals surface area contributed by atoms with Crippen LogP contribution in [0.5, 0.6) is 5.75 Å². The van der Waals surface area contributed by atoms with Crippen LogP contribution in [0.1, 0.15) is 33.6 Å². The lowest BCUT2D eigenvalue weighted by Crippen LogP contribution is -2.52. The molecule has 4 rings (SSSR count). The molecule has 2 aromatic carbocycles. The maximum atomic E-state index is 13.7. The van der Waals surface area contributed by atoms with Crippen LogP contribution >= 0.6 is 31.9 Å². The van der Waals surface area contributed by atoms with Crippen LogP contribution in [0.15, 0.2) is 48.5 Å². The number of ether oxygens (including phenoxy) is 1. The van der Waals surface area contributed by atoms with Gasteiger partial charge in [0, 0.05) is 21.3 Å². The number of benzene rings is 2. The minimum atomic E-state index is -0.996. The Morgan fingerprint density at radius 3 is 2.25 bits per heavy atom. The lowest BCUT2D eigenvalue weighted by molar-refractivity contribution is -0.385. The predicted molar refractivity (Wildman–Crippen MR) is 135 cm³/mol. The molecule has 12 heteroatoms. The standard InChI is InChI=1S/C24H21Br2N3O7/c1-36-14-6-4-5-13(9-14)21(30)12-27(22(31)15-7-2-3-8-20(15)29(34)35)28-23(32)16-10-18(25)19(26)11-17(16)24(28)33/h2-9,16-19H,10-12H2,1H3/t16-,17-,18-,19+/m1/s1. The van der Waals surface area contributed by atoms with Crippen LogP contribution in [0.4, 0.5) is 5.69 Å². The molecule has 0 unspecified atom stereocenters. The molecule has 0 aromatic heterocycles. The number of carbonyl (C=O) groups excluding carboxylic acids is 4. The number of hydrogen-bond donors (Lipinski definition) is 0. The molecule has 3 amide bonds. The zero-order chi connectivity index (χ0) is 26.1. The van der Waals surface area contributed by atoms with E-state index in [9.17, 15) is 29.3 Å². The maximum Gasteiger partial charge on any atom is 0.282 e. The summed E-state index contributed by atoms with van der Waals surface area (Å²) in [5.74, 6) is -3.74. The van der Waals surface area contributed by atoms with Crippen LogP contribution in [0.2, 0.25) is 0 Å². The Kier molecular flexibility index (Phi) is 7.55. The molecule has 0 bridgehead atoms. The SMILES string of the molecule is COc1cccc(C(=O)CN(C(=O)c2ccccc2[N+](=O)[O-])N2C(=O)[C@@H]3C[C@@H](Br)[C@@H](Br)C[C@H]3C2=O)c1. The van der Waals surface area contributed by atoms with Gasteiger partial charge in [0.25, 0.3) is 23.4 Å². The van der Waals surface area contributed by atoms with Crippen LogP contribution in [0.25, 0.3) is 0 Å². The Hall–Kier alpha value is -3.12. The van der Waals surface area contributed by atoms with Gasteiger partial charge in [-0.25, -0.2) is 5.01 Å². The van der Waals surface area contributed by atoms with Gasteiger partial charge in [0.1, 0.15) is 17.9 Å². The van der Waals surface area contributed by atoms with E-state index < -0.39 is 52.5 Å². The molecule has 2 fully saturated rings. The summed E-state index contributed by atoms with van der Waals surface area (Å²) in [4.78, 5) is 64.5. The lowest BCUT2D eigenvalue weighted by Gasteiger charge is -2.30. The number of rotatable bonds is 7. The van der Waals surface area contributed by atoms with E-state index in [1.54, 1.807) is 12.1 Å². The second-order valence-corrected chi connectivity index (χ2v) is 10.8. The van der Waals surface area contributed by atoms with Crippen molar-refractivity contribution in [3.8, 4) is 5.75 Å². The fourth-order valence-electron chi connectivity index (χ4n) is 4.53. The number of hydrogen-bond acceptors (Lipinski definition) is 7. The Balaban J connectivity index is 1.75. The topological polar surface area (TPSA) is 127 Å². The zero-order valence-electron chi connectivity index (χ0n) is 19.0. The Labute approximate surface area is 222 Å². The highest BCUT2D eigenvalue weighted by Crippen LogP contribution is 2.44. The van der Waals surface area contributed by atoms with Crippen LogP contribution in [-0.2, 0) is 9.59 Å². The molecule has 2 aromatic rings. The van der Waals surface area contributed by atoms with Gasteiger partial charge >= 0.3 is 0 Å². The number of nitro benzene ring substituents is 1. The first-order chi connectivity index (χ1) is 17.1. The van der Waals surface area contributed by atoms with Crippen LogP contribution in [-0.4, -0.2) is 61.8 Å². The van der Waals surface area contributed by atoms with Crippen molar-refractivity contribution in [1.82, 2.24) is 10.0 Å². The third kappa shape index (κ3) is 4.79. The summed E-state index contributed by atoms with van der Waals surface area (Å²) in [5.41, 5.74) is -0.653. The number of Topliss-reactive ketones (excluding diaryl/α,β-unsaturated/α-hetero) is 1. The molecule has 1 aliphatic carbocycles. The second-order valence-electron chi connectivity index (χ2n) is 8.50. The van der Waals surface area contributed by atoms with Crippen molar-refractivity contribution in [1.29, 1.82) is 0 Å². The van der Waals surface area contributed by atoms with Crippen LogP contribution in [0.3, 0.4) is 0 Å². The first-order valence-electron chi connectivity index (χ1n) is 11.0. The van der Waals surface area contributed by atoms with Crippen molar-refractivity contribution >= 4 is 61.1 Å².